The number of urea groups is 1. The lowest BCUT2D eigenvalue weighted by Gasteiger charge is -2.52. The first-order valence-corrected chi connectivity index (χ1v) is 8.40. The number of pyridine rings is 1. The number of hydrogen-bond acceptors (Lipinski definition) is 3. The average molecular weight is 314 g/mol. The van der Waals surface area contributed by atoms with Gasteiger partial charge in [-0.05, 0) is 37.3 Å². The molecule has 3 heterocycles. The number of amides is 3. The second kappa shape index (κ2) is 5.51. The van der Waals surface area contributed by atoms with Crippen molar-refractivity contribution in [1.29, 1.82) is 0 Å². The van der Waals surface area contributed by atoms with E-state index in [1.807, 2.05) is 28.1 Å². The van der Waals surface area contributed by atoms with Gasteiger partial charge in [0.25, 0.3) is 0 Å². The van der Waals surface area contributed by atoms with Crippen LogP contribution in [0.1, 0.15) is 31.2 Å². The molecule has 2 saturated heterocycles. The Morgan fingerprint density at radius 2 is 2.13 bits per heavy atom. The molecule has 0 radical (unpaired) electrons. The first-order valence-electron chi connectivity index (χ1n) is 8.40. The molecule has 1 aliphatic carbocycles. The maximum Gasteiger partial charge on any atom is 0.317 e. The van der Waals surface area contributed by atoms with E-state index in [0.29, 0.717) is 25.7 Å². The Labute approximate surface area is 135 Å². The lowest BCUT2D eigenvalue weighted by Crippen LogP contribution is -2.64. The van der Waals surface area contributed by atoms with Crippen molar-refractivity contribution in [2.45, 2.75) is 38.3 Å². The Morgan fingerprint density at radius 1 is 1.35 bits per heavy atom. The van der Waals surface area contributed by atoms with Gasteiger partial charge in [-0.25, -0.2) is 4.79 Å². The molecule has 4 rings (SSSR count). The smallest absolute Gasteiger partial charge is 0.317 e. The van der Waals surface area contributed by atoms with Gasteiger partial charge in [0.05, 0.1) is 5.41 Å². The van der Waals surface area contributed by atoms with Crippen LogP contribution in [0.15, 0.2) is 24.5 Å². The largest absolute Gasteiger partial charge is 0.337 e. The number of likely N-dealkylation sites (tertiary alicyclic amines) is 2. The first kappa shape index (κ1) is 14.5. The average Bonchev–Trinajstić information content (AvgIpc) is 3.39. The molecule has 1 spiro atoms. The summed E-state index contributed by atoms with van der Waals surface area (Å²) in [5.41, 5.74) is 0.843. The Bertz CT molecular complexity index is 606. The van der Waals surface area contributed by atoms with Gasteiger partial charge < -0.3 is 15.1 Å². The standard InChI is InChI=1S/C17H22N4O2/c22-15-17(12-21(15)11-13-2-1-7-18-10-13)5-8-20(9-6-17)16(23)19-14-3-4-14/h1-2,7,10,14H,3-6,8-9,11-12H2,(H,19,23). The van der Waals surface area contributed by atoms with E-state index >= 15 is 0 Å². The SMILES string of the molecule is O=C(NC1CC1)N1CCC2(CC1)CN(Cc1cccnc1)C2=O. The number of rotatable bonds is 3. The van der Waals surface area contributed by atoms with E-state index in [9.17, 15) is 9.59 Å². The quantitative estimate of drug-likeness (QED) is 0.857. The van der Waals surface area contributed by atoms with Crippen molar-refractivity contribution < 1.29 is 9.59 Å². The van der Waals surface area contributed by atoms with Gasteiger partial charge >= 0.3 is 6.03 Å². The van der Waals surface area contributed by atoms with E-state index in [-0.39, 0.29) is 17.4 Å². The molecule has 3 aliphatic rings. The van der Waals surface area contributed by atoms with Crippen molar-refractivity contribution in [3.8, 4) is 0 Å². The van der Waals surface area contributed by atoms with E-state index in [4.69, 9.17) is 0 Å². The molecule has 0 bridgehead atoms. The van der Waals surface area contributed by atoms with Gasteiger partial charge in [-0.15, -0.1) is 0 Å². The fourth-order valence-electron chi connectivity index (χ4n) is 3.59. The van der Waals surface area contributed by atoms with E-state index in [2.05, 4.69) is 10.3 Å². The molecule has 1 N–H and O–H groups in total. The van der Waals surface area contributed by atoms with Gasteiger partial charge in [-0.3, -0.25) is 9.78 Å². The number of nitrogens with zero attached hydrogens (tertiary/aromatic N) is 3. The van der Waals surface area contributed by atoms with Crippen LogP contribution in [0, 0.1) is 5.41 Å². The zero-order valence-corrected chi connectivity index (χ0v) is 13.2. The lowest BCUT2D eigenvalue weighted by molar-refractivity contribution is -0.165. The Balaban J connectivity index is 1.30. The number of carbonyl (C=O) groups excluding carboxylic acids is 2. The van der Waals surface area contributed by atoms with Crippen LogP contribution in [0.5, 0.6) is 0 Å². The molecule has 2 aliphatic heterocycles. The maximum atomic E-state index is 12.6. The molecule has 3 amide bonds. The fraction of sp³-hybridized carbons (Fsp3) is 0.588. The predicted molar refractivity (Wildman–Crippen MR) is 84.4 cm³/mol. The summed E-state index contributed by atoms with van der Waals surface area (Å²) in [6, 6.07) is 4.32. The van der Waals surface area contributed by atoms with Crippen molar-refractivity contribution in [2.24, 2.45) is 5.41 Å². The molecule has 1 saturated carbocycles. The highest BCUT2D eigenvalue weighted by Crippen LogP contribution is 2.42. The van der Waals surface area contributed by atoms with Crippen LogP contribution < -0.4 is 5.32 Å². The van der Waals surface area contributed by atoms with Crippen molar-refractivity contribution in [2.75, 3.05) is 19.6 Å². The minimum Gasteiger partial charge on any atom is -0.337 e. The van der Waals surface area contributed by atoms with Gasteiger partial charge in [0, 0.05) is 44.6 Å². The second-order valence-corrected chi connectivity index (χ2v) is 7.01. The van der Waals surface area contributed by atoms with E-state index in [1.54, 1.807) is 6.20 Å². The van der Waals surface area contributed by atoms with Crippen LogP contribution in [-0.4, -0.2) is 52.4 Å². The molecule has 6 heteroatoms. The van der Waals surface area contributed by atoms with E-state index < -0.39 is 0 Å². The van der Waals surface area contributed by atoms with Crippen molar-refractivity contribution in [3.63, 3.8) is 0 Å². The van der Waals surface area contributed by atoms with Crippen LogP contribution in [0.4, 0.5) is 4.79 Å². The summed E-state index contributed by atoms with van der Waals surface area (Å²) in [6.45, 7) is 2.81. The minimum absolute atomic E-state index is 0.0429. The molecular weight excluding hydrogens is 292 g/mol. The molecule has 0 aromatic carbocycles. The van der Waals surface area contributed by atoms with Gasteiger partial charge in [0.1, 0.15) is 0 Å². The summed E-state index contributed by atoms with van der Waals surface area (Å²) in [5, 5.41) is 3.02. The summed E-state index contributed by atoms with van der Waals surface area (Å²) >= 11 is 0. The van der Waals surface area contributed by atoms with E-state index in [0.717, 1.165) is 37.8 Å². The predicted octanol–water partition coefficient (Wildman–Crippen LogP) is 1.38. The highest BCUT2D eigenvalue weighted by atomic mass is 16.2. The number of nitrogens with one attached hydrogen (secondary N) is 1. The number of β-lactam (4-membered cyclic amide) rings is 1. The Morgan fingerprint density at radius 3 is 2.74 bits per heavy atom. The number of carbonyl (C=O) groups is 2. The highest BCUT2D eigenvalue weighted by Gasteiger charge is 2.53. The fourth-order valence-corrected chi connectivity index (χ4v) is 3.59. The summed E-state index contributed by atoms with van der Waals surface area (Å²) in [4.78, 5) is 32.5. The summed E-state index contributed by atoms with van der Waals surface area (Å²) in [7, 11) is 0. The summed E-state index contributed by atoms with van der Waals surface area (Å²) in [6.07, 6.45) is 7.33. The van der Waals surface area contributed by atoms with E-state index in [1.165, 1.54) is 0 Å². The third kappa shape index (κ3) is 2.78. The van der Waals surface area contributed by atoms with Crippen LogP contribution in [0.2, 0.25) is 0 Å². The molecule has 0 atom stereocenters. The monoisotopic (exact) mass is 314 g/mol. The number of hydrogen-bond donors (Lipinski definition) is 1. The van der Waals surface area contributed by atoms with Gasteiger partial charge in [0.15, 0.2) is 0 Å². The van der Waals surface area contributed by atoms with Crippen molar-refractivity contribution in [3.05, 3.63) is 30.1 Å². The molecular formula is C17H22N4O2. The number of piperidine rings is 1. The van der Waals surface area contributed by atoms with Crippen molar-refractivity contribution >= 4 is 11.9 Å². The number of aromatic nitrogens is 1. The molecule has 1 aromatic rings. The van der Waals surface area contributed by atoms with Gasteiger partial charge in [0.2, 0.25) is 5.91 Å². The molecule has 0 unspecified atom stereocenters. The van der Waals surface area contributed by atoms with Gasteiger partial charge in [-0.2, -0.15) is 0 Å². The third-order valence-corrected chi connectivity index (χ3v) is 5.24. The van der Waals surface area contributed by atoms with Crippen LogP contribution in [0.25, 0.3) is 0 Å². The van der Waals surface area contributed by atoms with Crippen LogP contribution in [0.3, 0.4) is 0 Å². The first-order chi connectivity index (χ1) is 11.2. The summed E-state index contributed by atoms with van der Waals surface area (Å²) in [5.74, 6) is 0.239. The molecule has 122 valence electrons. The summed E-state index contributed by atoms with van der Waals surface area (Å²) < 4.78 is 0. The molecule has 6 nitrogen and oxygen atoms in total. The topological polar surface area (TPSA) is 65.5 Å². The second-order valence-electron chi connectivity index (χ2n) is 7.01. The Kier molecular flexibility index (Phi) is 3.47. The van der Waals surface area contributed by atoms with Crippen LogP contribution in [-0.2, 0) is 11.3 Å². The van der Waals surface area contributed by atoms with Crippen molar-refractivity contribution in [1.82, 2.24) is 20.1 Å². The molecule has 1 aromatic heterocycles. The zero-order chi connectivity index (χ0) is 15.9. The minimum atomic E-state index is -0.224. The lowest BCUT2D eigenvalue weighted by atomic mass is 9.71. The molecule has 23 heavy (non-hydrogen) atoms. The normalized spacial score (nSPS) is 22.9. The highest BCUT2D eigenvalue weighted by molar-refractivity contribution is 5.89. The zero-order valence-electron chi connectivity index (χ0n) is 13.2. The maximum absolute atomic E-state index is 12.6. The third-order valence-electron chi connectivity index (χ3n) is 5.24. The van der Waals surface area contributed by atoms with Crippen LogP contribution >= 0.6 is 0 Å². The Hall–Kier alpha value is -2.11. The van der Waals surface area contributed by atoms with Gasteiger partial charge in [-0.1, -0.05) is 6.07 Å². The molecule has 3 fully saturated rings.